The van der Waals surface area contributed by atoms with Gasteiger partial charge in [-0.15, -0.1) is 13.2 Å². The number of ether oxygens (including phenoxy) is 1. The largest absolute Gasteiger partial charge is 0.457 e. The zero-order valence-corrected chi connectivity index (χ0v) is 13.7. The van der Waals surface area contributed by atoms with Gasteiger partial charge in [0.1, 0.15) is 11.5 Å². The van der Waals surface area contributed by atoms with Crippen molar-refractivity contribution in [1.29, 1.82) is 0 Å². The van der Waals surface area contributed by atoms with Gasteiger partial charge in [-0.1, -0.05) is 30.4 Å². The van der Waals surface area contributed by atoms with Crippen LogP contribution in [-0.4, -0.2) is 30.4 Å². The molecule has 4 nitrogen and oxygen atoms in total. The van der Waals surface area contributed by atoms with Crippen LogP contribution in [0.15, 0.2) is 79.9 Å². The number of benzene rings is 2. The maximum absolute atomic E-state index is 12.1. The average molecular weight is 322 g/mol. The van der Waals surface area contributed by atoms with Crippen molar-refractivity contribution in [3.8, 4) is 11.5 Å². The molecule has 0 fully saturated rings. The van der Waals surface area contributed by atoms with Crippen molar-refractivity contribution in [2.45, 2.75) is 0 Å². The van der Waals surface area contributed by atoms with Gasteiger partial charge in [0.05, 0.1) is 6.54 Å². The lowest BCUT2D eigenvalue weighted by Gasteiger charge is -2.18. The van der Waals surface area contributed by atoms with Gasteiger partial charge in [-0.3, -0.25) is 9.69 Å². The zero-order chi connectivity index (χ0) is 17.2. The van der Waals surface area contributed by atoms with Crippen LogP contribution in [0.1, 0.15) is 0 Å². The third-order valence-electron chi connectivity index (χ3n) is 3.26. The molecule has 0 radical (unpaired) electrons. The van der Waals surface area contributed by atoms with E-state index in [1.807, 2.05) is 59.5 Å². The predicted octanol–water partition coefficient (Wildman–Crippen LogP) is 4.09. The fraction of sp³-hybridized carbons (Fsp3) is 0.150. The number of carbonyl (C=O) groups excluding carboxylic acids is 1. The summed E-state index contributed by atoms with van der Waals surface area (Å²) in [5.41, 5.74) is 0.734. The second-order valence-corrected chi connectivity index (χ2v) is 5.26. The van der Waals surface area contributed by atoms with Crippen LogP contribution < -0.4 is 10.1 Å². The van der Waals surface area contributed by atoms with Gasteiger partial charge in [0.25, 0.3) is 0 Å². The molecule has 24 heavy (non-hydrogen) atoms. The van der Waals surface area contributed by atoms with E-state index >= 15 is 0 Å². The molecule has 2 aromatic rings. The summed E-state index contributed by atoms with van der Waals surface area (Å²) in [4.78, 5) is 14.0. The third kappa shape index (κ3) is 5.74. The Morgan fingerprint density at radius 3 is 2.12 bits per heavy atom. The lowest BCUT2D eigenvalue weighted by molar-refractivity contribution is -0.117. The van der Waals surface area contributed by atoms with E-state index in [0.717, 1.165) is 17.2 Å². The van der Waals surface area contributed by atoms with Crippen LogP contribution in [0.3, 0.4) is 0 Å². The predicted molar refractivity (Wildman–Crippen MR) is 98.4 cm³/mol. The van der Waals surface area contributed by atoms with Gasteiger partial charge in [-0.25, -0.2) is 0 Å². The smallest absolute Gasteiger partial charge is 0.238 e. The second-order valence-electron chi connectivity index (χ2n) is 5.26. The van der Waals surface area contributed by atoms with E-state index in [9.17, 15) is 4.79 Å². The Morgan fingerprint density at radius 1 is 0.958 bits per heavy atom. The Balaban J connectivity index is 1.89. The molecule has 0 spiro atoms. The minimum absolute atomic E-state index is 0.0737. The lowest BCUT2D eigenvalue weighted by atomic mass is 10.3. The summed E-state index contributed by atoms with van der Waals surface area (Å²) >= 11 is 0. The standard InChI is InChI=1S/C20H22N2O2/c1-3-14-22(15-4-2)16-20(23)21-17-10-12-19(13-11-17)24-18-8-6-5-7-9-18/h3-13H,1-2,14-16H2,(H,21,23). The highest BCUT2D eigenvalue weighted by molar-refractivity contribution is 5.92. The highest BCUT2D eigenvalue weighted by Gasteiger charge is 2.08. The van der Waals surface area contributed by atoms with Crippen molar-refractivity contribution in [1.82, 2.24) is 4.90 Å². The summed E-state index contributed by atoms with van der Waals surface area (Å²) in [6.07, 6.45) is 3.54. The highest BCUT2D eigenvalue weighted by Crippen LogP contribution is 2.22. The molecule has 4 heteroatoms. The number of amides is 1. The fourth-order valence-electron chi connectivity index (χ4n) is 2.20. The van der Waals surface area contributed by atoms with Gasteiger partial charge >= 0.3 is 0 Å². The minimum atomic E-state index is -0.0737. The zero-order valence-electron chi connectivity index (χ0n) is 13.7. The lowest BCUT2D eigenvalue weighted by Crippen LogP contribution is -2.33. The van der Waals surface area contributed by atoms with Gasteiger partial charge in [-0.2, -0.15) is 0 Å². The van der Waals surface area contributed by atoms with Crippen LogP contribution in [0.2, 0.25) is 0 Å². The Hall–Kier alpha value is -2.85. The molecule has 0 atom stereocenters. The first-order valence-corrected chi connectivity index (χ1v) is 7.78. The van der Waals surface area contributed by atoms with Crippen LogP contribution in [0.4, 0.5) is 5.69 Å². The Bertz CT molecular complexity index is 656. The van der Waals surface area contributed by atoms with E-state index in [1.165, 1.54) is 0 Å². The fourth-order valence-corrected chi connectivity index (χ4v) is 2.20. The maximum atomic E-state index is 12.1. The van der Waals surface area contributed by atoms with Crippen LogP contribution in [0.25, 0.3) is 0 Å². The summed E-state index contributed by atoms with van der Waals surface area (Å²) < 4.78 is 5.72. The van der Waals surface area contributed by atoms with Crippen molar-refractivity contribution in [2.75, 3.05) is 25.0 Å². The topological polar surface area (TPSA) is 41.6 Å². The van der Waals surface area contributed by atoms with Crippen molar-refractivity contribution < 1.29 is 9.53 Å². The molecule has 0 aliphatic carbocycles. The van der Waals surface area contributed by atoms with Crippen molar-refractivity contribution in [3.63, 3.8) is 0 Å². The Labute approximate surface area is 143 Å². The molecule has 2 rings (SSSR count). The molecule has 0 heterocycles. The second kappa shape index (κ2) is 9.33. The van der Waals surface area contributed by atoms with E-state index in [-0.39, 0.29) is 5.91 Å². The molecule has 2 aromatic carbocycles. The highest BCUT2D eigenvalue weighted by atomic mass is 16.5. The number of nitrogens with zero attached hydrogens (tertiary/aromatic N) is 1. The number of hydrogen-bond acceptors (Lipinski definition) is 3. The van der Waals surface area contributed by atoms with Crippen molar-refractivity contribution in [3.05, 3.63) is 79.9 Å². The molecule has 0 saturated heterocycles. The van der Waals surface area contributed by atoms with Crippen molar-refractivity contribution >= 4 is 11.6 Å². The van der Waals surface area contributed by atoms with Gasteiger partial charge < -0.3 is 10.1 Å². The van der Waals surface area contributed by atoms with E-state index in [4.69, 9.17) is 4.74 Å². The first-order valence-electron chi connectivity index (χ1n) is 7.78. The van der Waals surface area contributed by atoms with Crippen molar-refractivity contribution in [2.24, 2.45) is 0 Å². The first-order chi connectivity index (χ1) is 11.7. The monoisotopic (exact) mass is 322 g/mol. The third-order valence-corrected chi connectivity index (χ3v) is 3.26. The average Bonchev–Trinajstić information content (AvgIpc) is 2.58. The van der Waals surface area contributed by atoms with Gasteiger partial charge in [0, 0.05) is 18.8 Å². The molecule has 0 saturated carbocycles. The Kier molecular flexibility index (Phi) is 6.80. The maximum Gasteiger partial charge on any atom is 0.238 e. The molecule has 0 unspecified atom stereocenters. The summed E-state index contributed by atoms with van der Waals surface area (Å²) in [5.74, 6) is 1.42. The number of para-hydroxylation sites is 1. The van der Waals surface area contributed by atoms with E-state index in [0.29, 0.717) is 19.6 Å². The molecule has 124 valence electrons. The van der Waals surface area contributed by atoms with Gasteiger partial charge in [-0.05, 0) is 36.4 Å². The summed E-state index contributed by atoms with van der Waals surface area (Å²) in [6.45, 7) is 8.97. The number of carbonyl (C=O) groups is 1. The molecule has 0 bridgehead atoms. The van der Waals surface area contributed by atoms with Crippen LogP contribution in [0.5, 0.6) is 11.5 Å². The van der Waals surface area contributed by atoms with Gasteiger partial charge in [0.15, 0.2) is 0 Å². The normalized spacial score (nSPS) is 10.2. The molecular weight excluding hydrogens is 300 g/mol. The van der Waals surface area contributed by atoms with E-state index in [1.54, 1.807) is 12.2 Å². The quantitative estimate of drug-likeness (QED) is 0.707. The molecule has 0 aliphatic heterocycles. The van der Waals surface area contributed by atoms with Crippen LogP contribution in [-0.2, 0) is 4.79 Å². The van der Waals surface area contributed by atoms with E-state index < -0.39 is 0 Å². The van der Waals surface area contributed by atoms with Crippen LogP contribution >= 0.6 is 0 Å². The first kappa shape index (κ1) is 17.5. The van der Waals surface area contributed by atoms with Gasteiger partial charge in [0.2, 0.25) is 5.91 Å². The molecule has 1 amide bonds. The van der Waals surface area contributed by atoms with Crippen LogP contribution in [0, 0.1) is 0 Å². The Morgan fingerprint density at radius 2 is 1.54 bits per heavy atom. The number of nitrogens with one attached hydrogen (secondary N) is 1. The number of hydrogen-bond donors (Lipinski definition) is 1. The molecule has 0 aromatic heterocycles. The SMILES string of the molecule is C=CCN(CC=C)CC(=O)Nc1ccc(Oc2ccccc2)cc1. The number of anilines is 1. The minimum Gasteiger partial charge on any atom is -0.457 e. The molecular formula is C20H22N2O2. The van der Waals surface area contributed by atoms with E-state index in [2.05, 4.69) is 18.5 Å². The number of rotatable bonds is 9. The molecule has 0 aliphatic rings. The summed E-state index contributed by atoms with van der Waals surface area (Å²) in [7, 11) is 0. The molecule has 1 N–H and O–H groups in total. The summed E-state index contributed by atoms with van der Waals surface area (Å²) in [5, 5.41) is 2.88. The summed E-state index contributed by atoms with van der Waals surface area (Å²) in [6, 6.07) is 16.9.